The number of amides is 2. The molecule has 0 spiro atoms. The molecule has 7 nitrogen and oxygen atoms in total. The molecule has 2 heterocycles. The molecule has 2 aromatic carbocycles. The summed E-state index contributed by atoms with van der Waals surface area (Å²) in [5.74, 6) is 0.693. The van der Waals surface area contributed by atoms with Gasteiger partial charge in [-0.15, -0.1) is 0 Å². The number of carbonyl (C=O) groups is 1. The molecule has 0 radical (unpaired) electrons. The molecule has 33 heavy (non-hydrogen) atoms. The Labute approximate surface area is 191 Å². The number of rotatable bonds is 4. The van der Waals surface area contributed by atoms with Crippen LogP contribution in [0.4, 0.5) is 14.9 Å². The fourth-order valence-electron chi connectivity index (χ4n) is 4.30. The maximum absolute atomic E-state index is 13.3. The van der Waals surface area contributed by atoms with Crippen molar-refractivity contribution in [3.05, 3.63) is 65.8 Å². The number of nitriles is 1. The number of nitrogens with zero attached hydrogens (tertiary/aromatic N) is 4. The molecule has 0 bridgehead atoms. The van der Waals surface area contributed by atoms with E-state index >= 15 is 0 Å². The van der Waals surface area contributed by atoms with Crippen molar-refractivity contribution in [2.45, 2.75) is 43.7 Å². The summed E-state index contributed by atoms with van der Waals surface area (Å²) in [7, 11) is 0. The lowest BCUT2D eigenvalue weighted by atomic mass is 9.80. The van der Waals surface area contributed by atoms with Gasteiger partial charge in [0.1, 0.15) is 12.2 Å². The number of alkyl halides is 1. The van der Waals surface area contributed by atoms with Crippen molar-refractivity contribution >= 4 is 11.7 Å². The molecule has 1 aliphatic heterocycles. The molecule has 5 rings (SSSR count). The quantitative estimate of drug-likeness (QED) is 0.608. The van der Waals surface area contributed by atoms with Crippen molar-refractivity contribution in [2.24, 2.45) is 0 Å². The largest absolute Gasteiger partial charge is 0.339 e. The number of likely N-dealkylation sites (tertiary alicyclic amines) is 1. The summed E-state index contributed by atoms with van der Waals surface area (Å²) in [4.78, 5) is 19.3. The summed E-state index contributed by atoms with van der Waals surface area (Å²) in [5.41, 5.74) is 2.32. The monoisotopic (exact) mass is 445 g/mol. The highest BCUT2D eigenvalue weighted by Crippen LogP contribution is 2.44. The van der Waals surface area contributed by atoms with Gasteiger partial charge in [-0.25, -0.2) is 9.18 Å². The summed E-state index contributed by atoms with van der Waals surface area (Å²) in [6.07, 6.45) is 0.888. The molecular formula is C25H24FN5O2. The van der Waals surface area contributed by atoms with E-state index in [1.165, 1.54) is 0 Å². The second-order valence-corrected chi connectivity index (χ2v) is 9.00. The van der Waals surface area contributed by atoms with Gasteiger partial charge in [-0.05, 0) is 30.9 Å². The predicted molar refractivity (Wildman–Crippen MR) is 120 cm³/mol. The van der Waals surface area contributed by atoms with Crippen LogP contribution in [0.25, 0.3) is 11.1 Å². The Hall–Kier alpha value is -3.73. The van der Waals surface area contributed by atoms with E-state index in [2.05, 4.69) is 28.5 Å². The van der Waals surface area contributed by atoms with Crippen molar-refractivity contribution in [3.8, 4) is 17.2 Å². The molecule has 168 valence electrons. The molecule has 1 N–H and O–H groups in total. The minimum Gasteiger partial charge on any atom is -0.339 e. The number of hydrogen-bond acceptors (Lipinski definition) is 5. The van der Waals surface area contributed by atoms with Crippen LogP contribution in [0.5, 0.6) is 0 Å². The number of halogens is 1. The molecule has 1 aliphatic carbocycles. The fraction of sp³-hybridized carbons (Fsp3) is 0.360. The van der Waals surface area contributed by atoms with E-state index in [4.69, 9.17) is 4.52 Å². The van der Waals surface area contributed by atoms with E-state index in [9.17, 15) is 14.4 Å². The van der Waals surface area contributed by atoms with Crippen LogP contribution < -0.4 is 5.32 Å². The van der Waals surface area contributed by atoms with Gasteiger partial charge in [0, 0.05) is 24.1 Å². The minimum atomic E-state index is -0.881. The number of anilines is 1. The SMILES string of the molecule is CC1(c2noc([C@@H]3C[C@@H]3F)n2)CCN(C(=O)Nc2c(C#N)cccc2-c2ccccc2)CC1. The molecule has 3 aromatic rings. The third-order valence-electron chi connectivity index (χ3n) is 6.67. The molecular weight excluding hydrogens is 421 g/mol. The Morgan fingerprint density at radius 3 is 2.61 bits per heavy atom. The number of carbonyl (C=O) groups excluding carboxylic acids is 1. The summed E-state index contributed by atoms with van der Waals surface area (Å²) in [6, 6.07) is 17.0. The molecule has 2 fully saturated rings. The van der Waals surface area contributed by atoms with Crippen LogP contribution in [-0.4, -0.2) is 40.3 Å². The average molecular weight is 445 g/mol. The van der Waals surface area contributed by atoms with Gasteiger partial charge in [0.25, 0.3) is 0 Å². The lowest BCUT2D eigenvalue weighted by Gasteiger charge is -2.37. The van der Waals surface area contributed by atoms with Crippen molar-refractivity contribution in [3.63, 3.8) is 0 Å². The van der Waals surface area contributed by atoms with Crippen LogP contribution in [0.1, 0.15) is 49.4 Å². The standard InChI is InChI=1S/C25H24FN5O2/c1-25(23-29-22(33-30-23)19-14-20(19)26)10-12-31(13-11-25)24(32)28-21-17(15-27)8-5-9-18(21)16-6-3-2-4-7-16/h2-9,19-20H,10-14H2,1H3,(H,28,32)/t19-,20+/m1/s1. The number of benzene rings is 2. The molecule has 1 aromatic heterocycles. The van der Waals surface area contributed by atoms with Crippen LogP contribution in [0.2, 0.25) is 0 Å². The second-order valence-electron chi connectivity index (χ2n) is 9.00. The van der Waals surface area contributed by atoms with Crippen molar-refractivity contribution in [1.29, 1.82) is 5.26 Å². The fourth-order valence-corrected chi connectivity index (χ4v) is 4.30. The first-order chi connectivity index (χ1) is 16.0. The van der Waals surface area contributed by atoms with Crippen LogP contribution in [0.3, 0.4) is 0 Å². The molecule has 2 atom stereocenters. The van der Waals surface area contributed by atoms with Gasteiger partial charge in [-0.2, -0.15) is 10.2 Å². The normalized spacial score (nSPS) is 21.3. The minimum absolute atomic E-state index is 0.246. The summed E-state index contributed by atoms with van der Waals surface area (Å²) < 4.78 is 18.6. The van der Waals surface area contributed by atoms with Crippen molar-refractivity contribution in [1.82, 2.24) is 15.0 Å². The van der Waals surface area contributed by atoms with Crippen molar-refractivity contribution < 1.29 is 13.7 Å². The first-order valence-corrected chi connectivity index (χ1v) is 11.1. The lowest BCUT2D eigenvalue weighted by molar-refractivity contribution is 0.169. The van der Waals surface area contributed by atoms with Gasteiger partial charge in [-0.3, -0.25) is 0 Å². The van der Waals surface area contributed by atoms with Crippen LogP contribution >= 0.6 is 0 Å². The second kappa shape index (κ2) is 8.32. The van der Waals surface area contributed by atoms with Crippen LogP contribution in [-0.2, 0) is 5.41 Å². The van der Waals surface area contributed by atoms with Gasteiger partial charge in [-0.1, -0.05) is 54.5 Å². The maximum atomic E-state index is 13.3. The average Bonchev–Trinajstić information content (AvgIpc) is 3.36. The summed E-state index contributed by atoms with van der Waals surface area (Å²) in [5, 5.41) is 16.7. The topological polar surface area (TPSA) is 95.1 Å². The molecule has 1 saturated heterocycles. The van der Waals surface area contributed by atoms with E-state index in [1.807, 2.05) is 42.5 Å². The zero-order valence-electron chi connectivity index (χ0n) is 18.3. The lowest BCUT2D eigenvalue weighted by Crippen LogP contribution is -2.46. The number of nitrogens with one attached hydrogen (secondary N) is 1. The molecule has 2 amide bonds. The number of urea groups is 1. The third-order valence-corrected chi connectivity index (χ3v) is 6.67. The first kappa shape index (κ1) is 21.1. The Bertz CT molecular complexity index is 1210. The molecule has 8 heteroatoms. The van der Waals surface area contributed by atoms with E-state index in [-0.39, 0.29) is 17.4 Å². The number of hydrogen-bond donors (Lipinski definition) is 1. The Morgan fingerprint density at radius 2 is 1.94 bits per heavy atom. The Balaban J connectivity index is 1.29. The Kier molecular flexibility index (Phi) is 5.33. The Morgan fingerprint density at radius 1 is 1.21 bits per heavy atom. The highest BCUT2D eigenvalue weighted by atomic mass is 19.1. The number of piperidine rings is 1. The number of aromatic nitrogens is 2. The zero-order chi connectivity index (χ0) is 23.0. The molecule has 0 unspecified atom stereocenters. The van der Waals surface area contributed by atoms with E-state index in [0.29, 0.717) is 55.3 Å². The smallest absolute Gasteiger partial charge is 0.321 e. The van der Waals surface area contributed by atoms with E-state index in [0.717, 1.165) is 11.1 Å². The van der Waals surface area contributed by atoms with Gasteiger partial charge >= 0.3 is 6.03 Å². The first-order valence-electron chi connectivity index (χ1n) is 11.1. The third kappa shape index (κ3) is 4.07. The maximum Gasteiger partial charge on any atom is 0.321 e. The van der Waals surface area contributed by atoms with Crippen LogP contribution in [0.15, 0.2) is 53.1 Å². The predicted octanol–water partition coefficient (Wildman–Crippen LogP) is 5.02. The highest BCUT2D eigenvalue weighted by molar-refractivity contribution is 5.96. The van der Waals surface area contributed by atoms with Crippen molar-refractivity contribution in [2.75, 3.05) is 18.4 Å². The molecule has 1 saturated carbocycles. The van der Waals surface area contributed by atoms with E-state index < -0.39 is 6.17 Å². The van der Waals surface area contributed by atoms with Gasteiger partial charge < -0.3 is 14.7 Å². The van der Waals surface area contributed by atoms with E-state index in [1.54, 1.807) is 11.0 Å². The zero-order valence-corrected chi connectivity index (χ0v) is 18.3. The number of para-hydroxylation sites is 1. The summed E-state index contributed by atoms with van der Waals surface area (Å²) >= 11 is 0. The summed E-state index contributed by atoms with van der Waals surface area (Å²) in [6.45, 7) is 3.07. The van der Waals surface area contributed by atoms with Gasteiger partial charge in [0.2, 0.25) is 5.89 Å². The van der Waals surface area contributed by atoms with Crippen LogP contribution in [0, 0.1) is 11.3 Å². The highest BCUT2D eigenvalue weighted by Gasteiger charge is 2.45. The van der Waals surface area contributed by atoms with Gasteiger partial charge in [0.05, 0.1) is 17.2 Å². The van der Waals surface area contributed by atoms with Gasteiger partial charge in [0.15, 0.2) is 5.82 Å². The molecule has 2 aliphatic rings.